The molecule has 0 bridgehead atoms. The van der Waals surface area contributed by atoms with E-state index in [-0.39, 0.29) is 5.82 Å². The summed E-state index contributed by atoms with van der Waals surface area (Å²) in [6.45, 7) is 2.65. The topological polar surface area (TPSA) is 50.4 Å². The number of hydrogen-bond donors (Lipinski definition) is 2. The molecule has 0 amide bonds. The van der Waals surface area contributed by atoms with E-state index in [2.05, 4.69) is 10.4 Å². The summed E-state index contributed by atoms with van der Waals surface area (Å²) in [5.74, 6) is 5.38. The average molecular weight is 201 g/mol. The third-order valence-electron chi connectivity index (χ3n) is 1.46. The number of thiophene rings is 1. The second-order valence-electron chi connectivity index (χ2n) is 2.47. The lowest BCUT2D eigenvalue weighted by molar-refractivity contribution is 0.630. The first kappa shape index (κ1) is 10.1. The van der Waals surface area contributed by atoms with Crippen molar-refractivity contribution in [1.82, 2.24) is 5.43 Å². The molecule has 0 spiro atoms. The molecule has 1 aromatic heterocycles. The molecule has 0 fully saturated rings. The SMILES string of the molecule is CCCN=C(NN)c1sccc1F. The quantitative estimate of drug-likeness (QED) is 0.337. The van der Waals surface area contributed by atoms with E-state index < -0.39 is 0 Å². The lowest BCUT2D eigenvalue weighted by atomic mass is 10.4. The first-order valence-corrected chi connectivity index (χ1v) is 4.92. The zero-order valence-electron chi connectivity index (χ0n) is 7.38. The van der Waals surface area contributed by atoms with Crippen LogP contribution in [0, 0.1) is 5.82 Å². The van der Waals surface area contributed by atoms with Crippen molar-refractivity contribution in [3.63, 3.8) is 0 Å². The minimum atomic E-state index is -0.280. The summed E-state index contributed by atoms with van der Waals surface area (Å²) in [4.78, 5) is 4.58. The summed E-state index contributed by atoms with van der Waals surface area (Å²) >= 11 is 1.28. The van der Waals surface area contributed by atoms with Crippen LogP contribution < -0.4 is 11.3 Å². The van der Waals surface area contributed by atoms with E-state index >= 15 is 0 Å². The highest BCUT2D eigenvalue weighted by molar-refractivity contribution is 7.12. The van der Waals surface area contributed by atoms with Crippen molar-refractivity contribution >= 4 is 17.2 Å². The Balaban J connectivity index is 2.84. The molecular weight excluding hydrogens is 189 g/mol. The van der Waals surface area contributed by atoms with Gasteiger partial charge in [-0.05, 0) is 17.9 Å². The number of rotatable bonds is 3. The van der Waals surface area contributed by atoms with Gasteiger partial charge in [-0.3, -0.25) is 4.99 Å². The van der Waals surface area contributed by atoms with Crippen LogP contribution in [0.5, 0.6) is 0 Å². The van der Waals surface area contributed by atoms with E-state index in [1.54, 1.807) is 5.38 Å². The largest absolute Gasteiger partial charge is 0.307 e. The van der Waals surface area contributed by atoms with Crippen molar-refractivity contribution < 1.29 is 4.39 Å². The van der Waals surface area contributed by atoms with Crippen LogP contribution >= 0.6 is 11.3 Å². The lowest BCUT2D eigenvalue weighted by Gasteiger charge is -2.02. The van der Waals surface area contributed by atoms with Gasteiger partial charge in [0.15, 0.2) is 5.84 Å². The highest BCUT2D eigenvalue weighted by atomic mass is 32.1. The molecule has 13 heavy (non-hydrogen) atoms. The van der Waals surface area contributed by atoms with Gasteiger partial charge in [0.25, 0.3) is 0 Å². The summed E-state index contributed by atoms with van der Waals surface area (Å²) in [6.07, 6.45) is 0.915. The fourth-order valence-electron chi connectivity index (χ4n) is 0.869. The standard InChI is InChI=1S/C8H12FN3S/c1-2-4-11-8(12-10)7-6(9)3-5-13-7/h3,5H,2,4,10H2,1H3,(H,11,12). The molecule has 0 aliphatic rings. The summed E-state index contributed by atoms with van der Waals surface area (Å²) in [5.41, 5.74) is 2.40. The van der Waals surface area contributed by atoms with Crippen LogP contribution in [0.1, 0.15) is 18.2 Å². The Morgan fingerprint density at radius 2 is 2.54 bits per heavy atom. The number of hydrogen-bond acceptors (Lipinski definition) is 3. The lowest BCUT2D eigenvalue weighted by Crippen LogP contribution is -2.31. The van der Waals surface area contributed by atoms with Crippen molar-refractivity contribution in [1.29, 1.82) is 0 Å². The van der Waals surface area contributed by atoms with E-state index in [1.807, 2.05) is 6.92 Å². The normalized spacial score (nSPS) is 11.8. The van der Waals surface area contributed by atoms with Crippen molar-refractivity contribution in [2.24, 2.45) is 10.8 Å². The molecule has 1 heterocycles. The monoisotopic (exact) mass is 201 g/mol. The summed E-state index contributed by atoms with van der Waals surface area (Å²) in [7, 11) is 0. The van der Waals surface area contributed by atoms with Crippen molar-refractivity contribution in [2.75, 3.05) is 6.54 Å². The molecule has 5 heteroatoms. The number of halogens is 1. The predicted molar refractivity (Wildman–Crippen MR) is 53.3 cm³/mol. The molecule has 72 valence electrons. The van der Waals surface area contributed by atoms with E-state index in [0.717, 1.165) is 6.42 Å². The molecule has 0 aromatic carbocycles. The van der Waals surface area contributed by atoms with Gasteiger partial charge in [0.2, 0.25) is 0 Å². The van der Waals surface area contributed by atoms with Gasteiger partial charge in [-0.15, -0.1) is 11.3 Å². The number of aliphatic imine (C=N–C) groups is 1. The van der Waals surface area contributed by atoms with Gasteiger partial charge >= 0.3 is 0 Å². The highest BCUT2D eigenvalue weighted by Crippen LogP contribution is 2.14. The van der Waals surface area contributed by atoms with Gasteiger partial charge in [-0.2, -0.15) is 0 Å². The Bertz CT molecular complexity index is 295. The smallest absolute Gasteiger partial charge is 0.155 e. The second kappa shape index (κ2) is 4.94. The molecule has 0 radical (unpaired) electrons. The van der Waals surface area contributed by atoms with Gasteiger partial charge < -0.3 is 5.43 Å². The van der Waals surface area contributed by atoms with Gasteiger partial charge in [0, 0.05) is 6.54 Å². The van der Waals surface area contributed by atoms with Crippen LogP contribution in [0.25, 0.3) is 0 Å². The fraction of sp³-hybridized carbons (Fsp3) is 0.375. The van der Waals surface area contributed by atoms with Crippen LogP contribution in [0.3, 0.4) is 0 Å². The fourth-order valence-corrected chi connectivity index (χ4v) is 1.61. The molecule has 3 nitrogen and oxygen atoms in total. The highest BCUT2D eigenvalue weighted by Gasteiger charge is 2.08. The maximum Gasteiger partial charge on any atom is 0.155 e. The summed E-state index contributed by atoms with van der Waals surface area (Å²) < 4.78 is 13.0. The minimum Gasteiger partial charge on any atom is -0.307 e. The van der Waals surface area contributed by atoms with Crippen LogP contribution in [-0.2, 0) is 0 Å². The third kappa shape index (κ3) is 2.50. The maximum atomic E-state index is 13.0. The van der Waals surface area contributed by atoms with Gasteiger partial charge in [-0.25, -0.2) is 10.2 Å². The molecule has 0 unspecified atom stereocenters. The van der Waals surface area contributed by atoms with E-state index in [1.165, 1.54) is 17.4 Å². The molecule has 0 atom stereocenters. The Morgan fingerprint density at radius 3 is 3.00 bits per heavy atom. The molecular formula is C8H12FN3S. The molecule has 0 saturated carbocycles. The number of nitrogens with two attached hydrogens (primary N) is 1. The Morgan fingerprint density at radius 1 is 1.77 bits per heavy atom. The molecule has 3 N–H and O–H groups in total. The van der Waals surface area contributed by atoms with E-state index in [4.69, 9.17) is 5.84 Å². The predicted octanol–water partition coefficient (Wildman–Crippen LogP) is 1.51. The Hall–Kier alpha value is -0.940. The number of nitrogens with one attached hydrogen (secondary N) is 1. The first-order chi connectivity index (χ1) is 6.29. The van der Waals surface area contributed by atoms with Crippen molar-refractivity contribution in [3.8, 4) is 0 Å². The first-order valence-electron chi connectivity index (χ1n) is 4.04. The molecule has 0 aliphatic carbocycles. The van der Waals surface area contributed by atoms with Crippen molar-refractivity contribution in [3.05, 3.63) is 22.1 Å². The van der Waals surface area contributed by atoms with Crippen LogP contribution in [0.15, 0.2) is 16.4 Å². The number of nitrogens with zero attached hydrogens (tertiary/aromatic N) is 1. The van der Waals surface area contributed by atoms with E-state index in [0.29, 0.717) is 17.3 Å². The van der Waals surface area contributed by atoms with Gasteiger partial charge in [0.05, 0.1) is 0 Å². The Labute approximate surface area is 80.5 Å². The zero-order chi connectivity index (χ0) is 9.68. The number of amidine groups is 1. The number of hydrazine groups is 1. The maximum absolute atomic E-state index is 13.0. The van der Waals surface area contributed by atoms with Crippen LogP contribution in [-0.4, -0.2) is 12.4 Å². The summed E-state index contributed by atoms with van der Waals surface area (Å²) in [6, 6.07) is 1.40. The van der Waals surface area contributed by atoms with Crippen LogP contribution in [0.4, 0.5) is 4.39 Å². The van der Waals surface area contributed by atoms with Gasteiger partial charge in [-0.1, -0.05) is 6.92 Å². The molecule has 1 rings (SSSR count). The molecule has 0 saturated heterocycles. The second-order valence-corrected chi connectivity index (χ2v) is 3.39. The minimum absolute atomic E-state index is 0.280. The Kier molecular flexibility index (Phi) is 3.85. The summed E-state index contributed by atoms with van der Waals surface area (Å²) in [5, 5.41) is 1.67. The average Bonchev–Trinajstić information content (AvgIpc) is 2.54. The third-order valence-corrected chi connectivity index (χ3v) is 2.36. The van der Waals surface area contributed by atoms with Crippen LogP contribution in [0.2, 0.25) is 0 Å². The van der Waals surface area contributed by atoms with E-state index in [9.17, 15) is 4.39 Å². The molecule has 1 aromatic rings. The van der Waals surface area contributed by atoms with Gasteiger partial charge in [0.1, 0.15) is 10.7 Å². The molecule has 0 aliphatic heterocycles. The zero-order valence-corrected chi connectivity index (χ0v) is 8.20. The van der Waals surface area contributed by atoms with Crippen molar-refractivity contribution in [2.45, 2.75) is 13.3 Å².